The van der Waals surface area contributed by atoms with Crippen LogP contribution in [0.3, 0.4) is 0 Å². The van der Waals surface area contributed by atoms with E-state index >= 15 is 0 Å². The third-order valence-corrected chi connectivity index (χ3v) is 5.26. The standard InChI is InChI=1S/C25H19FN2O5/c1-32-24(30)16-11-10-15(20(26)14-16)13-19-21(25(31)33-2)28(17-7-4-3-5-8-17)23-18(22(19)29)9-6-12-27-23/h3-12,14H,13H2,1-2H3. The van der Waals surface area contributed by atoms with E-state index in [0.717, 1.165) is 6.07 Å². The summed E-state index contributed by atoms with van der Waals surface area (Å²) >= 11 is 0. The van der Waals surface area contributed by atoms with E-state index in [9.17, 15) is 18.8 Å². The first kappa shape index (κ1) is 21.9. The molecule has 0 N–H and O–H groups in total. The first-order chi connectivity index (χ1) is 16.0. The number of carbonyl (C=O) groups is 2. The van der Waals surface area contributed by atoms with Crippen LogP contribution in [0, 0.1) is 5.82 Å². The van der Waals surface area contributed by atoms with Gasteiger partial charge in [-0.2, -0.15) is 0 Å². The second kappa shape index (κ2) is 9.04. The molecule has 7 nitrogen and oxygen atoms in total. The van der Waals surface area contributed by atoms with Gasteiger partial charge in [-0.3, -0.25) is 9.36 Å². The monoisotopic (exact) mass is 446 g/mol. The van der Waals surface area contributed by atoms with Gasteiger partial charge in [0, 0.05) is 23.9 Å². The molecule has 0 atom stereocenters. The maximum Gasteiger partial charge on any atom is 0.355 e. The zero-order valence-electron chi connectivity index (χ0n) is 17.9. The molecule has 2 heterocycles. The molecule has 33 heavy (non-hydrogen) atoms. The molecule has 4 rings (SSSR count). The van der Waals surface area contributed by atoms with Gasteiger partial charge in [-0.1, -0.05) is 24.3 Å². The van der Waals surface area contributed by atoms with E-state index in [-0.39, 0.29) is 39.8 Å². The number of fused-ring (bicyclic) bond motifs is 1. The zero-order chi connectivity index (χ0) is 23.5. The maximum atomic E-state index is 14.9. The number of rotatable bonds is 5. The van der Waals surface area contributed by atoms with Gasteiger partial charge in [-0.15, -0.1) is 0 Å². The van der Waals surface area contributed by atoms with Gasteiger partial charge in [0.05, 0.1) is 25.2 Å². The molecule has 0 saturated carbocycles. The molecule has 0 bridgehead atoms. The molecule has 0 amide bonds. The molecule has 2 aromatic heterocycles. The molecule has 0 radical (unpaired) electrons. The van der Waals surface area contributed by atoms with Crippen molar-refractivity contribution < 1.29 is 23.5 Å². The molecule has 4 aromatic rings. The molecular weight excluding hydrogens is 427 g/mol. The van der Waals surface area contributed by atoms with E-state index in [4.69, 9.17) is 4.74 Å². The normalized spacial score (nSPS) is 10.8. The Kier molecular flexibility index (Phi) is 5.99. The van der Waals surface area contributed by atoms with Crippen LogP contribution >= 0.6 is 0 Å². The lowest BCUT2D eigenvalue weighted by Gasteiger charge is -2.18. The van der Waals surface area contributed by atoms with Gasteiger partial charge in [0.25, 0.3) is 0 Å². The largest absolute Gasteiger partial charge is 0.465 e. The summed E-state index contributed by atoms with van der Waals surface area (Å²) in [6, 6.07) is 16.0. The Balaban J connectivity index is 2.01. The number of ether oxygens (including phenoxy) is 2. The SMILES string of the molecule is COC(=O)c1ccc(Cc2c(C(=O)OC)n(-c3ccccc3)c3ncccc3c2=O)c(F)c1. The summed E-state index contributed by atoms with van der Waals surface area (Å²) in [7, 11) is 2.41. The Labute approximate surface area is 188 Å². The van der Waals surface area contributed by atoms with Crippen molar-refractivity contribution >= 4 is 23.0 Å². The van der Waals surface area contributed by atoms with Crippen LogP contribution in [0.2, 0.25) is 0 Å². The second-order valence-corrected chi connectivity index (χ2v) is 7.17. The lowest BCUT2D eigenvalue weighted by atomic mass is 9.99. The third kappa shape index (κ3) is 3.98. The molecule has 0 fully saturated rings. The zero-order valence-corrected chi connectivity index (χ0v) is 17.9. The molecule has 8 heteroatoms. The number of carbonyl (C=O) groups excluding carboxylic acids is 2. The molecule has 0 aliphatic heterocycles. The van der Waals surface area contributed by atoms with Gasteiger partial charge >= 0.3 is 11.9 Å². The fraction of sp³-hybridized carbons (Fsp3) is 0.120. The Bertz CT molecular complexity index is 1430. The van der Waals surface area contributed by atoms with Gasteiger partial charge in [0.2, 0.25) is 0 Å². The first-order valence-electron chi connectivity index (χ1n) is 9.99. The van der Waals surface area contributed by atoms with Crippen LogP contribution in [0.25, 0.3) is 16.7 Å². The molecule has 0 saturated heterocycles. The van der Waals surface area contributed by atoms with Crippen LogP contribution in [-0.2, 0) is 15.9 Å². The highest BCUT2D eigenvalue weighted by Gasteiger charge is 2.25. The van der Waals surface area contributed by atoms with Crippen molar-refractivity contribution in [1.29, 1.82) is 0 Å². The van der Waals surface area contributed by atoms with E-state index in [2.05, 4.69) is 9.72 Å². The fourth-order valence-electron chi connectivity index (χ4n) is 3.69. The molecule has 2 aromatic carbocycles. The number of hydrogen-bond donors (Lipinski definition) is 0. The van der Waals surface area contributed by atoms with Crippen molar-refractivity contribution in [2.45, 2.75) is 6.42 Å². The topological polar surface area (TPSA) is 87.5 Å². The van der Waals surface area contributed by atoms with Gasteiger partial charge < -0.3 is 9.47 Å². The van der Waals surface area contributed by atoms with E-state index in [0.29, 0.717) is 5.69 Å². The average molecular weight is 446 g/mol. The number of para-hydroxylation sites is 1. The van der Waals surface area contributed by atoms with E-state index in [1.807, 2.05) is 6.07 Å². The van der Waals surface area contributed by atoms with Gasteiger partial charge in [-0.25, -0.2) is 19.0 Å². The summed E-state index contributed by atoms with van der Waals surface area (Å²) in [5.74, 6) is -2.14. The van der Waals surface area contributed by atoms with Crippen molar-refractivity contribution in [1.82, 2.24) is 9.55 Å². The van der Waals surface area contributed by atoms with Crippen LogP contribution in [0.1, 0.15) is 32.0 Å². The Morgan fingerprint density at radius 3 is 2.36 bits per heavy atom. The van der Waals surface area contributed by atoms with Crippen LogP contribution in [-0.4, -0.2) is 35.7 Å². The van der Waals surface area contributed by atoms with Crippen LogP contribution in [0.15, 0.2) is 71.7 Å². The molecule has 0 unspecified atom stereocenters. The number of halogens is 1. The highest BCUT2D eigenvalue weighted by molar-refractivity contribution is 5.94. The lowest BCUT2D eigenvalue weighted by Crippen LogP contribution is -2.25. The van der Waals surface area contributed by atoms with Gasteiger partial charge in [0.1, 0.15) is 17.2 Å². The Hall–Kier alpha value is -4.33. The average Bonchev–Trinajstić information content (AvgIpc) is 2.86. The maximum absolute atomic E-state index is 14.9. The lowest BCUT2D eigenvalue weighted by molar-refractivity contribution is 0.0585. The van der Waals surface area contributed by atoms with Crippen LogP contribution in [0.5, 0.6) is 0 Å². The molecule has 0 aliphatic carbocycles. The van der Waals surface area contributed by atoms with Crippen LogP contribution < -0.4 is 5.43 Å². The van der Waals surface area contributed by atoms with Crippen molar-refractivity contribution in [3.05, 3.63) is 105 Å². The minimum atomic E-state index is -0.759. The summed E-state index contributed by atoms with van der Waals surface area (Å²) in [4.78, 5) is 42.4. The predicted molar refractivity (Wildman–Crippen MR) is 119 cm³/mol. The first-order valence-corrected chi connectivity index (χ1v) is 9.99. The summed E-state index contributed by atoms with van der Waals surface area (Å²) < 4.78 is 26.0. The van der Waals surface area contributed by atoms with Crippen molar-refractivity contribution in [3.63, 3.8) is 0 Å². The molecule has 166 valence electrons. The van der Waals surface area contributed by atoms with Crippen molar-refractivity contribution in [2.24, 2.45) is 0 Å². The minimum absolute atomic E-state index is 0.0383. The summed E-state index contributed by atoms with van der Waals surface area (Å²) in [6.45, 7) is 0. The summed E-state index contributed by atoms with van der Waals surface area (Å²) in [5.41, 5.74) is 0.585. The number of benzene rings is 2. The summed E-state index contributed by atoms with van der Waals surface area (Å²) in [6.07, 6.45) is 1.32. The molecule has 0 spiro atoms. The quantitative estimate of drug-likeness (QED) is 0.435. The summed E-state index contributed by atoms with van der Waals surface area (Å²) in [5, 5.41) is 0.274. The van der Waals surface area contributed by atoms with E-state index < -0.39 is 23.2 Å². The predicted octanol–water partition coefficient (Wildman–Crippen LogP) is 3.69. The Morgan fingerprint density at radius 1 is 0.970 bits per heavy atom. The van der Waals surface area contributed by atoms with Crippen molar-refractivity contribution in [3.8, 4) is 5.69 Å². The number of pyridine rings is 2. The number of esters is 2. The Morgan fingerprint density at radius 2 is 1.70 bits per heavy atom. The number of nitrogens with zero attached hydrogens (tertiary/aromatic N) is 2. The third-order valence-electron chi connectivity index (χ3n) is 5.26. The molecule has 0 aliphatic rings. The number of aromatic nitrogens is 2. The van der Waals surface area contributed by atoms with Gasteiger partial charge in [-0.05, 0) is 42.0 Å². The second-order valence-electron chi connectivity index (χ2n) is 7.17. The van der Waals surface area contributed by atoms with E-state index in [1.54, 1.807) is 41.0 Å². The number of hydrogen-bond acceptors (Lipinski definition) is 6. The smallest absolute Gasteiger partial charge is 0.355 e. The highest BCUT2D eigenvalue weighted by atomic mass is 19.1. The van der Waals surface area contributed by atoms with Crippen molar-refractivity contribution in [2.75, 3.05) is 14.2 Å². The fourth-order valence-corrected chi connectivity index (χ4v) is 3.69. The van der Waals surface area contributed by atoms with E-state index in [1.165, 1.54) is 32.5 Å². The van der Waals surface area contributed by atoms with Crippen LogP contribution in [0.4, 0.5) is 4.39 Å². The number of methoxy groups -OCH3 is 2. The highest BCUT2D eigenvalue weighted by Crippen LogP contribution is 2.24. The van der Waals surface area contributed by atoms with Gasteiger partial charge in [0.15, 0.2) is 5.43 Å². The minimum Gasteiger partial charge on any atom is -0.465 e. The molecular formula is C25H19FN2O5.